The van der Waals surface area contributed by atoms with Crippen molar-refractivity contribution >= 4 is 65.8 Å². The summed E-state index contributed by atoms with van der Waals surface area (Å²) < 4.78 is 33.4. The highest BCUT2D eigenvalue weighted by atomic mass is 79.9. The third kappa shape index (κ3) is 10.3. The minimum Gasteiger partial charge on any atom is -0.506 e. The molecule has 4 aliphatic rings. The van der Waals surface area contributed by atoms with Crippen LogP contribution in [0.3, 0.4) is 0 Å². The van der Waals surface area contributed by atoms with E-state index in [4.69, 9.17) is 4.74 Å². The Morgan fingerprint density at radius 1 is 0.907 bits per heavy atom. The molecule has 0 bridgehead atoms. The molecule has 0 aliphatic carbocycles. The molecule has 0 radical (unpaired) electrons. The zero-order valence-corrected chi connectivity index (χ0v) is 35.5. The molecule has 2 aromatic carbocycles. The first-order valence-corrected chi connectivity index (χ1v) is 21.5. The number of hydrogen-bond acceptors (Lipinski definition) is 8. The van der Waals surface area contributed by atoms with E-state index in [1.165, 1.54) is 17.0 Å². The Morgan fingerprint density at radius 3 is 2.07 bits per heavy atom. The van der Waals surface area contributed by atoms with Crippen molar-refractivity contribution in [3.8, 4) is 5.75 Å². The first kappa shape index (κ1) is 42.2. The van der Waals surface area contributed by atoms with Crippen molar-refractivity contribution in [2.45, 2.75) is 57.5 Å². The number of methoxy groups -OCH3 is 1. The Balaban J connectivity index is 0.000000222. The van der Waals surface area contributed by atoms with Crippen LogP contribution in [0.1, 0.15) is 43.7 Å². The average Bonchev–Trinajstić information content (AvgIpc) is 3.34. The van der Waals surface area contributed by atoms with Gasteiger partial charge >= 0.3 is 12.1 Å². The number of amides is 4. The number of aromatic hydroxyl groups is 1. The van der Waals surface area contributed by atoms with Crippen LogP contribution in [0.2, 0.25) is 0 Å². The average molecular weight is 900 g/mol. The van der Waals surface area contributed by atoms with Crippen LogP contribution in [0.5, 0.6) is 5.75 Å². The molecule has 298 valence electrons. The number of urea groups is 1. The zero-order chi connectivity index (χ0) is 39.2. The van der Waals surface area contributed by atoms with Crippen LogP contribution < -0.4 is 5.32 Å². The molecule has 4 amide bonds. The minimum atomic E-state index is -3.35. The number of phenols is 1. The Kier molecular flexibility index (Phi) is 14.7. The fourth-order valence-corrected chi connectivity index (χ4v) is 10.1. The van der Waals surface area contributed by atoms with Gasteiger partial charge in [-0.15, -0.1) is 0 Å². The van der Waals surface area contributed by atoms with Crippen LogP contribution in [-0.2, 0) is 32.6 Å². The smallest absolute Gasteiger partial charge is 0.409 e. The number of piperazine rings is 1. The van der Waals surface area contributed by atoms with E-state index < -0.39 is 10.2 Å². The van der Waals surface area contributed by atoms with Gasteiger partial charge in [-0.3, -0.25) is 9.69 Å². The van der Waals surface area contributed by atoms with Gasteiger partial charge in [0.15, 0.2) is 0 Å². The van der Waals surface area contributed by atoms with Crippen LogP contribution in [0.15, 0.2) is 45.3 Å². The third-order valence-corrected chi connectivity index (χ3v) is 14.0. The van der Waals surface area contributed by atoms with Crippen molar-refractivity contribution < 1.29 is 32.6 Å². The number of anilines is 1. The van der Waals surface area contributed by atoms with Crippen molar-refractivity contribution in [1.29, 1.82) is 0 Å². The number of fused-ring (bicyclic) bond motifs is 1. The summed E-state index contributed by atoms with van der Waals surface area (Å²) in [6, 6.07) is 12.2. The largest absolute Gasteiger partial charge is 0.506 e. The van der Waals surface area contributed by atoms with Crippen LogP contribution >= 0.6 is 31.9 Å². The number of phenolic OH excluding ortho intramolecular Hbond substituents is 1. The molecule has 0 unspecified atom stereocenters. The summed E-state index contributed by atoms with van der Waals surface area (Å²) in [5.41, 5.74) is 3.06. The normalized spacial score (nSPS) is 20.1. The number of nitrogens with one attached hydrogen (secondary N) is 1. The summed E-state index contributed by atoms with van der Waals surface area (Å²) in [6.07, 6.45) is 4.58. The van der Waals surface area contributed by atoms with Crippen molar-refractivity contribution in [2.24, 2.45) is 5.92 Å². The molecule has 2 aromatic rings. The SMILES string of the molecule is COC(=O)N1CCC(N2CCc3ccccc3NC2=O)CC1.C[C@H](Cc1cc(Br)c(O)c(Br)c1)C(=O)N1CCC(N2CCN(S(=O)(=O)N(C)C)CC2)CC1. The number of nitrogens with zero attached hydrogens (tertiary/aromatic N) is 6. The van der Waals surface area contributed by atoms with Gasteiger partial charge in [0.25, 0.3) is 10.2 Å². The Hall–Kier alpha value is -2.96. The second kappa shape index (κ2) is 18.8. The van der Waals surface area contributed by atoms with E-state index in [1.54, 1.807) is 23.3 Å². The predicted octanol–water partition coefficient (Wildman–Crippen LogP) is 4.82. The van der Waals surface area contributed by atoms with Gasteiger partial charge in [0, 0.05) is 96.7 Å². The standard InChI is InChI=1S/C21H32Br2N4O4S.C16H21N3O3/c1-15(12-16-13-18(22)20(28)19(23)14-16)21(29)26-6-4-17(5-7-26)25-8-10-27(11-9-25)32(30,31)24(2)3;1-22-16(21)18-9-7-13(8-10-18)19-11-6-12-4-2-3-5-14(12)17-15(19)20/h13-15,17,28H,4-12H2,1-3H3;2-5,13H,6-11H2,1H3,(H,17,20)/t15-;/m1./s1. The predicted molar refractivity (Wildman–Crippen MR) is 215 cm³/mol. The molecule has 14 nitrogen and oxygen atoms in total. The van der Waals surface area contributed by atoms with E-state index in [-0.39, 0.29) is 35.7 Å². The molecule has 0 aromatic heterocycles. The van der Waals surface area contributed by atoms with Gasteiger partial charge in [0.05, 0.1) is 16.1 Å². The molecule has 1 atom stereocenters. The number of halogens is 2. The molecule has 3 saturated heterocycles. The number of piperidine rings is 2. The number of rotatable bonds is 7. The Bertz CT molecular complexity index is 1720. The van der Waals surface area contributed by atoms with E-state index in [2.05, 4.69) is 48.1 Å². The molecule has 3 fully saturated rings. The van der Waals surface area contributed by atoms with Crippen LogP contribution in [0, 0.1) is 5.92 Å². The molecular formula is C37H53Br2N7O7S. The van der Waals surface area contributed by atoms with E-state index in [0.29, 0.717) is 54.1 Å². The lowest BCUT2D eigenvalue weighted by molar-refractivity contribution is -0.136. The number of carbonyl (C=O) groups is 3. The van der Waals surface area contributed by atoms with E-state index in [9.17, 15) is 27.9 Å². The highest BCUT2D eigenvalue weighted by Gasteiger charge is 2.34. The minimum absolute atomic E-state index is 0.0403. The summed E-state index contributed by atoms with van der Waals surface area (Å²) in [5.74, 6) is 0.176. The van der Waals surface area contributed by atoms with Crippen LogP contribution in [0.25, 0.3) is 0 Å². The van der Waals surface area contributed by atoms with Crippen molar-refractivity contribution in [3.63, 3.8) is 0 Å². The van der Waals surface area contributed by atoms with E-state index in [0.717, 1.165) is 69.5 Å². The summed E-state index contributed by atoms with van der Waals surface area (Å²) in [5, 5.41) is 12.9. The number of benzene rings is 2. The van der Waals surface area contributed by atoms with Crippen molar-refractivity contribution in [2.75, 3.05) is 85.4 Å². The van der Waals surface area contributed by atoms with Gasteiger partial charge < -0.3 is 29.9 Å². The van der Waals surface area contributed by atoms with Gasteiger partial charge in [0.2, 0.25) is 5.91 Å². The van der Waals surface area contributed by atoms with Gasteiger partial charge in [-0.1, -0.05) is 25.1 Å². The summed E-state index contributed by atoms with van der Waals surface area (Å²) >= 11 is 6.70. The highest BCUT2D eigenvalue weighted by Crippen LogP contribution is 2.34. The lowest BCUT2D eigenvalue weighted by Gasteiger charge is -2.43. The number of para-hydroxylation sites is 1. The summed E-state index contributed by atoms with van der Waals surface area (Å²) in [7, 11) is 1.18. The van der Waals surface area contributed by atoms with Gasteiger partial charge in [-0.05, 0) is 99.7 Å². The third-order valence-electron chi connectivity index (χ3n) is 10.9. The molecule has 4 aliphatic heterocycles. The molecule has 0 spiro atoms. The van der Waals surface area contributed by atoms with Gasteiger partial charge in [-0.2, -0.15) is 17.0 Å². The van der Waals surface area contributed by atoms with Crippen LogP contribution in [0.4, 0.5) is 15.3 Å². The van der Waals surface area contributed by atoms with E-state index in [1.807, 2.05) is 47.1 Å². The number of carbonyl (C=O) groups excluding carboxylic acids is 3. The highest BCUT2D eigenvalue weighted by molar-refractivity contribution is 9.11. The molecular weight excluding hydrogens is 846 g/mol. The number of likely N-dealkylation sites (tertiary alicyclic amines) is 2. The second-order valence-electron chi connectivity index (χ2n) is 14.5. The lowest BCUT2D eigenvalue weighted by Crippen LogP contribution is -2.56. The second-order valence-corrected chi connectivity index (χ2v) is 18.4. The molecule has 54 heavy (non-hydrogen) atoms. The molecule has 4 heterocycles. The maximum atomic E-state index is 13.0. The molecule has 6 rings (SSSR count). The maximum Gasteiger partial charge on any atom is 0.409 e. The summed E-state index contributed by atoms with van der Waals surface area (Å²) in [6.45, 7) is 7.86. The lowest BCUT2D eigenvalue weighted by atomic mass is 9.97. The monoisotopic (exact) mass is 897 g/mol. The van der Waals surface area contributed by atoms with Crippen molar-refractivity contribution in [1.82, 2.24) is 28.2 Å². The zero-order valence-electron chi connectivity index (χ0n) is 31.5. The number of ether oxygens (including phenoxy) is 1. The maximum absolute atomic E-state index is 13.0. The van der Waals surface area contributed by atoms with Gasteiger partial charge in [0.1, 0.15) is 5.75 Å². The first-order chi connectivity index (χ1) is 25.7. The Labute approximate surface area is 336 Å². The fraction of sp³-hybridized carbons (Fsp3) is 0.595. The fourth-order valence-electron chi connectivity index (χ4n) is 7.70. The molecule has 0 saturated carbocycles. The van der Waals surface area contributed by atoms with Gasteiger partial charge in [-0.25, -0.2) is 9.59 Å². The number of hydrogen-bond donors (Lipinski definition) is 2. The Morgan fingerprint density at radius 2 is 1.48 bits per heavy atom. The molecule has 2 N–H and O–H groups in total. The molecule has 17 heteroatoms. The topological polar surface area (TPSA) is 146 Å². The quantitative estimate of drug-likeness (QED) is 0.403. The van der Waals surface area contributed by atoms with Crippen molar-refractivity contribution in [3.05, 3.63) is 56.5 Å². The first-order valence-electron chi connectivity index (χ1n) is 18.5. The van der Waals surface area contributed by atoms with E-state index >= 15 is 0 Å². The van der Waals surface area contributed by atoms with Crippen LogP contribution in [-0.4, -0.2) is 152 Å². The summed E-state index contributed by atoms with van der Waals surface area (Å²) in [4.78, 5) is 44.9.